The zero-order valence-corrected chi connectivity index (χ0v) is 14.1. The molecule has 1 aliphatic rings. The average Bonchev–Trinajstić information content (AvgIpc) is 2.56. The highest BCUT2D eigenvalue weighted by molar-refractivity contribution is 6.30. The van der Waals surface area contributed by atoms with Crippen molar-refractivity contribution in [3.05, 3.63) is 69.9 Å². The van der Waals surface area contributed by atoms with Gasteiger partial charge >= 0.3 is 0 Å². The Kier molecular flexibility index (Phi) is 3.43. The number of pyridine rings is 1. The van der Waals surface area contributed by atoms with Gasteiger partial charge in [0.2, 0.25) is 0 Å². The number of fused-ring (bicyclic) bond motifs is 2. The highest BCUT2D eigenvalue weighted by Gasteiger charge is 2.26. The summed E-state index contributed by atoms with van der Waals surface area (Å²) >= 11 is 6.40. The minimum Gasteiger partial charge on any atom is -0.361 e. The topological polar surface area (TPSA) is 54.0 Å². The van der Waals surface area contributed by atoms with Crippen LogP contribution in [0.5, 0.6) is 0 Å². The van der Waals surface area contributed by atoms with Gasteiger partial charge in [-0.3, -0.25) is 4.79 Å². The predicted molar refractivity (Wildman–Crippen MR) is 96.5 cm³/mol. The molecule has 0 fully saturated rings. The SMILES string of the molecule is Cc1cc2cc([C@H]3NC(=O)c4ccccc4N3)c(Cl)nc2cc1C. The van der Waals surface area contributed by atoms with Crippen molar-refractivity contribution in [2.75, 3.05) is 5.32 Å². The molecule has 0 spiro atoms. The van der Waals surface area contributed by atoms with E-state index in [-0.39, 0.29) is 5.91 Å². The maximum atomic E-state index is 12.3. The lowest BCUT2D eigenvalue weighted by Crippen LogP contribution is -2.38. The van der Waals surface area contributed by atoms with Crippen LogP contribution in [0.25, 0.3) is 10.9 Å². The molecule has 5 heteroatoms. The van der Waals surface area contributed by atoms with Gasteiger partial charge in [-0.1, -0.05) is 23.7 Å². The quantitative estimate of drug-likeness (QED) is 0.649. The summed E-state index contributed by atoms with van der Waals surface area (Å²) < 4.78 is 0. The second-order valence-corrected chi connectivity index (χ2v) is 6.45. The van der Waals surface area contributed by atoms with E-state index in [2.05, 4.69) is 35.5 Å². The molecule has 2 heterocycles. The number of nitrogens with zero attached hydrogens (tertiary/aromatic N) is 1. The summed E-state index contributed by atoms with van der Waals surface area (Å²) in [6, 6.07) is 13.5. The van der Waals surface area contributed by atoms with Crippen LogP contribution < -0.4 is 10.6 Å². The molecule has 0 saturated carbocycles. The van der Waals surface area contributed by atoms with Crippen LogP contribution in [-0.2, 0) is 0 Å². The number of benzene rings is 2. The number of amides is 1. The lowest BCUT2D eigenvalue weighted by Gasteiger charge is -2.28. The normalized spacial score (nSPS) is 16.5. The summed E-state index contributed by atoms with van der Waals surface area (Å²) in [6.07, 6.45) is -0.404. The average molecular weight is 338 g/mol. The molecule has 2 N–H and O–H groups in total. The fourth-order valence-corrected chi connectivity index (χ4v) is 3.25. The second kappa shape index (κ2) is 5.49. The van der Waals surface area contributed by atoms with Crippen LogP contribution in [0.2, 0.25) is 5.15 Å². The van der Waals surface area contributed by atoms with Crippen LogP contribution in [-0.4, -0.2) is 10.9 Å². The smallest absolute Gasteiger partial charge is 0.255 e. The summed E-state index contributed by atoms with van der Waals surface area (Å²) in [5, 5.41) is 7.66. The Hall–Kier alpha value is -2.59. The Balaban J connectivity index is 1.81. The summed E-state index contributed by atoms with van der Waals surface area (Å²) in [5.74, 6) is -0.120. The number of nitrogens with one attached hydrogen (secondary N) is 2. The first kappa shape index (κ1) is 15.0. The number of halogens is 1. The van der Waals surface area contributed by atoms with Gasteiger partial charge in [0.25, 0.3) is 5.91 Å². The van der Waals surface area contributed by atoms with Gasteiger partial charge in [-0.2, -0.15) is 0 Å². The Morgan fingerprint density at radius 3 is 2.62 bits per heavy atom. The van der Waals surface area contributed by atoms with Gasteiger partial charge in [0, 0.05) is 16.6 Å². The van der Waals surface area contributed by atoms with Crippen LogP contribution in [0.4, 0.5) is 5.69 Å². The third-order valence-electron chi connectivity index (χ3n) is 4.47. The van der Waals surface area contributed by atoms with Crippen molar-refractivity contribution >= 4 is 34.1 Å². The highest BCUT2D eigenvalue weighted by Crippen LogP contribution is 2.31. The largest absolute Gasteiger partial charge is 0.361 e. The minimum atomic E-state index is -0.404. The van der Waals surface area contributed by atoms with Crippen LogP contribution in [0.1, 0.15) is 33.2 Å². The molecule has 24 heavy (non-hydrogen) atoms. The molecular formula is C19H16ClN3O. The van der Waals surface area contributed by atoms with Gasteiger partial charge in [-0.15, -0.1) is 0 Å². The van der Waals surface area contributed by atoms with Crippen molar-refractivity contribution in [1.29, 1.82) is 0 Å². The molecule has 1 aromatic heterocycles. The number of carbonyl (C=O) groups is 1. The number of para-hydroxylation sites is 1. The molecular weight excluding hydrogens is 322 g/mol. The molecule has 4 rings (SSSR count). The Morgan fingerprint density at radius 1 is 1.04 bits per heavy atom. The Labute approximate surface area is 144 Å². The number of aromatic nitrogens is 1. The highest BCUT2D eigenvalue weighted by atomic mass is 35.5. The van der Waals surface area contributed by atoms with Crippen molar-refractivity contribution in [2.45, 2.75) is 20.0 Å². The summed E-state index contributed by atoms with van der Waals surface area (Å²) in [6.45, 7) is 4.12. The van der Waals surface area contributed by atoms with Crippen LogP contribution in [0.15, 0.2) is 42.5 Å². The van der Waals surface area contributed by atoms with E-state index in [1.807, 2.05) is 30.3 Å². The second-order valence-electron chi connectivity index (χ2n) is 6.09. The molecule has 2 aromatic carbocycles. The van der Waals surface area contributed by atoms with Crippen molar-refractivity contribution in [2.24, 2.45) is 0 Å². The lowest BCUT2D eigenvalue weighted by atomic mass is 10.0. The molecule has 0 radical (unpaired) electrons. The van der Waals surface area contributed by atoms with Crippen LogP contribution >= 0.6 is 11.6 Å². The predicted octanol–water partition coefficient (Wildman–Crippen LogP) is 4.36. The fourth-order valence-electron chi connectivity index (χ4n) is 3.00. The van der Waals surface area contributed by atoms with Crippen molar-refractivity contribution in [3.63, 3.8) is 0 Å². The first-order valence-corrected chi connectivity index (χ1v) is 8.14. The maximum absolute atomic E-state index is 12.3. The van der Waals surface area contributed by atoms with E-state index in [9.17, 15) is 4.79 Å². The lowest BCUT2D eigenvalue weighted by molar-refractivity contribution is 0.0935. The molecule has 120 valence electrons. The van der Waals surface area contributed by atoms with Gasteiger partial charge in [0.05, 0.1) is 11.1 Å². The monoisotopic (exact) mass is 337 g/mol. The third-order valence-corrected chi connectivity index (χ3v) is 4.77. The molecule has 0 bridgehead atoms. The van der Waals surface area contributed by atoms with Crippen molar-refractivity contribution < 1.29 is 4.79 Å². The maximum Gasteiger partial charge on any atom is 0.255 e. The van der Waals surface area contributed by atoms with Gasteiger partial charge in [0.1, 0.15) is 11.3 Å². The summed E-state index contributed by atoms with van der Waals surface area (Å²) in [7, 11) is 0. The summed E-state index contributed by atoms with van der Waals surface area (Å²) in [5.41, 5.74) is 5.41. The van der Waals surface area contributed by atoms with E-state index in [1.54, 1.807) is 6.07 Å². The number of aryl methyl sites for hydroxylation is 2. The van der Waals surface area contributed by atoms with E-state index < -0.39 is 6.17 Å². The number of hydrogen-bond acceptors (Lipinski definition) is 3. The first-order valence-electron chi connectivity index (χ1n) is 7.77. The third kappa shape index (κ3) is 2.39. The number of hydrogen-bond donors (Lipinski definition) is 2. The zero-order chi connectivity index (χ0) is 16.8. The van der Waals surface area contributed by atoms with E-state index in [1.165, 1.54) is 11.1 Å². The molecule has 1 atom stereocenters. The number of carbonyl (C=O) groups excluding carboxylic acids is 1. The molecule has 1 amide bonds. The Morgan fingerprint density at radius 2 is 1.79 bits per heavy atom. The van der Waals surface area contributed by atoms with E-state index in [0.717, 1.165) is 22.2 Å². The van der Waals surface area contributed by atoms with Gasteiger partial charge in [-0.05, 0) is 55.3 Å². The van der Waals surface area contributed by atoms with Crippen molar-refractivity contribution in [1.82, 2.24) is 10.3 Å². The zero-order valence-electron chi connectivity index (χ0n) is 13.4. The van der Waals surface area contributed by atoms with Gasteiger partial charge in [0.15, 0.2) is 0 Å². The van der Waals surface area contributed by atoms with Crippen LogP contribution in [0.3, 0.4) is 0 Å². The Bertz CT molecular complexity index is 984. The standard InChI is InChI=1S/C19H16ClN3O/c1-10-7-12-9-14(17(20)21-16(12)8-11(10)2)18-22-15-6-4-3-5-13(15)19(24)23-18/h3-9,18,22H,1-2H3,(H,23,24)/t18-/m1/s1. The van der Waals surface area contributed by atoms with Gasteiger partial charge in [-0.25, -0.2) is 4.98 Å². The molecule has 0 unspecified atom stereocenters. The molecule has 1 aliphatic heterocycles. The summed E-state index contributed by atoms with van der Waals surface area (Å²) in [4.78, 5) is 16.8. The number of anilines is 1. The molecule has 0 aliphatic carbocycles. The molecule has 4 nitrogen and oxygen atoms in total. The van der Waals surface area contributed by atoms with Gasteiger partial charge < -0.3 is 10.6 Å². The number of rotatable bonds is 1. The first-order chi connectivity index (χ1) is 11.5. The fraction of sp³-hybridized carbons (Fsp3) is 0.158. The molecule has 0 saturated heterocycles. The molecule has 3 aromatic rings. The van der Waals surface area contributed by atoms with E-state index in [0.29, 0.717) is 10.7 Å². The van der Waals surface area contributed by atoms with E-state index >= 15 is 0 Å². The minimum absolute atomic E-state index is 0.120. The van der Waals surface area contributed by atoms with Crippen molar-refractivity contribution in [3.8, 4) is 0 Å². The van der Waals surface area contributed by atoms with E-state index in [4.69, 9.17) is 11.6 Å². The van der Waals surface area contributed by atoms with Crippen LogP contribution in [0, 0.1) is 13.8 Å².